The number of rotatable bonds is 6. The number of carbonyl (C=O) groups excluding carboxylic acids is 1. The quantitative estimate of drug-likeness (QED) is 0.762. The first kappa shape index (κ1) is 15.4. The lowest BCUT2D eigenvalue weighted by molar-refractivity contribution is -0.137. The second-order valence-electron chi connectivity index (χ2n) is 5.74. The van der Waals surface area contributed by atoms with Gasteiger partial charge in [0.15, 0.2) is 0 Å². The van der Waals surface area contributed by atoms with Crippen molar-refractivity contribution in [1.29, 1.82) is 0 Å². The van der Waals surface area contributed by atoms with Gasteiger partial charge >= 0.3 is 0 Å². The standard InChI is InChI=1S/C14H28N2O2/c1-10(2)8-9-16-14(17)11(3)18-13-7-5-4-6-12(13)15/h10-13H,4-9,15H2,1-3H3,(H,16,17). The largest absolute Gasteiger partial charge is 0.364 e. The van der Waals surface area contributed by atoms with Crippen molar-refractivity contribution < 1.29 is 9.53 Å². The van der Waals surface area contributed by atoms with E-state index in [2.05, 4.69) is 19.2 Å². The highest BCUT2D eigenvalue weighted by Crippen LogP contribution is 2.20. The van der Waals surface area contributed by atoms with E-state index in [0.29, 0.717) is 5.92 Å². The Bertz CT molecular complexity index is 256. The van der Waals surface area contributed by atoms with Gasteiger partial charge in [0, 0.05) is 12.6 Å². The predicted octanol–water partition coefficient (Wildman–Crippen LogP) is 1.82. The van der Waals surface area contributed by atoms with Gasteiger partial charge in [-0.1, -0.05) is 26.7 Å². The average Bonchev–Trinajstić information content (AvgIpc) is 2.31. The Kier molecular flexibility index (Phi) is 6.65. The van der Waals surface area contributed by atoms with Crippen molar-refractivity contribution >= 4 is 5.91 Å². The molecule has 18 heavy (non-hydrogen) atoms. The van der Waals surface area contributed by atoms with Crippen LogP contribution in [0, 0.1) is 5.92 Å². The zero-order valence-corrected chi connectivity index (χ0v) is 11.9. The fourth-order valence-electron chi connectivity index (χ4n) is 2.25. The van der Waals surface area contributed by atoms with Crippen LogP contribution in [-0.2, 0) is 9.53 Å². The highest BCUT2D eigenvalue weighted by atomic mass is 16.5. The number of nitrogens with two attached hydrogens (primary N) is 1. The molecule has 1 amide bonds. The van der Waals surface area contributed by atoms with Gasteiger partial charge in [-0.3, -0.25) is 4.79 Å². The van der Waals surface area contributed by atoms with Crippen molar-refractivity contribution in [3.63, 3.8) is 0 Å². The van der Waals surface area contributed by atoms with E-state index in [1.165, 1.54) is 6.42 Å². The number of hydrogen-bond donors (Lipinski definition) is 2. The lowest BCUT2D eigenvalue weighted by Crippen LogP contribution is -2.45. The molecule has 0 radical (unpaired) electrons. The summed E-state index contributed by atoms with van der Waals surface area (Å²) in [6.07, 6.45) is 4.96. The van der Waals surface area contributed by atoms with Gasteiger partial charge in [-0.25, -0.2) is 0 Å². The van der Waals surface area contributed by atoms with E-state index in [9.17, 15) is 4.79 Å². The molecular weight excluding hydrogens is 228 g/mol. The van der Waals surface area contributed by atoms with E-state index in [-0.39, 0.29) is 18.1 Å². The molecule has 1 fully saturated rings. The van der Waals surface area contributed by atoms with Gasteiger partial charge in [0.25, 0.3) is 0 Å². The molecule has 1 saturated carbocycles. The number of ether oxygens (including phenoxy) is 1. The summed E-state index contributed by atoms with van der Waals surface area (Å²) in [6.45, 7) is 6.83. The average molecular weight is 256 g/mol. The van der Waals surface area contributed by atoms with Crippen LogP contribution in [0.15, 0.2) is 0 Å². The van der Waals surface area contributed by atoms with Crippen molar-refractivity contribution in [2.24, 2.45) is 11.7 Å². The number of amides is 1. The lowest BCUT2D eigenvalue weighted by Gasteiger charge is -2.30. The molecule has 0 aromatic carbocycles. The van der Waals surface area contributed by atoms with Crippen LogP contribution in [0.1, 0.15) is 52.9 Å². The van der Waals surface area contributed by atoms with Gasteiger partial charge in [-0.2, -0.15) is 0 Å². The third kappa shape index (κ3) is 5.36. The van der Waals surface area contributed by atoms with Crippen LogP contribution < -0.4 is 11.1 Å². The molecule has 0 spiro atoms. The van der Waals surface area contributed by atoms with Gasteiger partial charge in [0.05, 0.1) is 6.10 Å². The van der Waals surface area contributed by atoms with Crippen LogP contribution in [0.3, 0.4) is 0 Å². The van der Waals surface area contributed by atoms with E-state index < -0.39 is 6.10 Å². The minimum atomic E-state index is -0.397. The summed E-state index contributed by atoms with van der Waals surface area (Å²) in [6, 6.07) is 0.0877. The van der Waals surface area contributed by atoms with Crippen molar-refractivity contribution in [3.05, 3.63) is 0 Å². The molecule has 0 aromatic rings. The highest BCUT2D eigenvalue weighted by molar-refractivity contribution is 5.80. The molecule has 0 saturated heterocycles. The van der Waals surface area contributed by atoms with Crippen LogP contribution >= 0.6 is 0 Å². The fourth-order valence-corrected chi connectivity index (χ4v) is 2.25. The van der Waals surface area contributed by atoms with Crippen LogP contribution in [0.2, 0.25) is 0 Å². The first-order chi connectivity index (χ1) is 8.50. The Morgan fingerprint density at radius 1 is 1.33 bits per heavy atom. The molecule has 3 atom stereocenters. The second kappa shape index (κ2) is 7.74. The Labute approximate surface area is 111 Å². The minimum absolute atomic E-state index is 0.0200. The Morgan fingerprint density at radius 2 is 2.00 bits per heavy atom. The number of nitrogens with one attached hydrogen (secondary N) is 1. The van der Waals surface area contributed by atoms with Crippen molar-refractivity contribution in [2.75, 3.05) is 6.54 Å². The monoisotopic (exact) mass is 256 g/mol. The smallest absolute Gasteiger partial charge is 0.248 e. The second-order valence-corrected chi connectivity index (χ2v) is 5.74. The SMILES string of the molecule is CC(C)CCNC(=O)C(C)OC1CCCCC1N. The summed E-state index contributed by atoms with van der Waals surface area (Å²) in [5.74, 6) is 0.585. The van der Waals surface area contributed by atoms with Crippen molar-refractivity contribution in [3.8, 4) is 0 Å². The Balaban J connectivity index is 2.25. The number of hydrogen-bond acceptors (Lipinski definition) is 3. The molecule has 0 bridgehead atoms. The summed E-state index contributed by atoms with van der Waals surface area (Å²) in [5.41, 5.74) is 6.01. The molecule has 3 unspecified atom stereocenters. The predicted molar refractivity (Wildman–Crippen MR) is 73.2 cm³/mol. The summed E-state index contributed by atoms with van der Waals surface area (Å²) in [4.78, 5) is 11.8. The minimum Gasteiger partial charge on any atom is -0.364 e. The van der Waals surface area contributed by atoms with Crippen LogP contribution in [0.4, 0.5) is 0 Å². The van der Waals surface area contributed by atoms with Crippen molar-refractivity contribution in [2.45, 2.75) is 71.1 Å². The van der Waals surface area contributed by atoms with Crippen LogP contribution in [0.5, 0.6) is 0 Å². The van der Waals surface area contributed by atoms with Crippen LogP contribution in [0.25, 0.3) is 0 Å². The molecule has 1 aliphatic carbocycles. The van der Waals surface area contributed by atoms with Crippen LogP contribution in [-0.4, -0.2) is 30.7 Å². The summed E-state index contributed by atoms with van der Waals surface area (Å²) in [5, 5.41) is 2.91. The molecule has 1 rings (SSSR count). The highest BCUT2D eigenvalue weighted by Gasteiger charge is 2.26. The van der Waals surface area contributed by atoms with E-state index in [1.807, 2.05) is 6.92 Å². The lowest BCUT2D eigenvalue weighted by atomic mass is 9.93. The normalized spacial score (nSPS) is 26.1. The topological polar surface area (TPSA) is 64.3 Å². The van der Waals surface area contributed by atoms with Gasteiger partial charge in [0.2, 0.25) is 5.91 Å². The van der Waals surface area contributed by atoms with E-state index >= 15 is 0 Å². The van der Waals surface area contributed by atoms with Gasteiger partial charge in [0.1, 0.15) is 6.10 Å². The van der Waals surface area contributed by atoms with E-state index in [0.717, 1.165) is 32.2 Å². The maximum atomic E-state index is 11.8. The molecule has 3 N–H and O–H groups in total. The Morgan fingerprint density at radius 3 is 2.61 bits per heavy atom. The van der Waals surface area contributed by atoms with Gasteiger partial charge in [-0.15, -0.1) is 0 Å². The molecule has 0 aliphatic heterocycles. The molecule has 0 heterocycles. The first-order valence-electron chi connectivity index (χ1n) is 7.19. The van der Waals surface area contributed by atoms with Crippen molar-refractivity contribution in [1.82, 2.24) is 5.32 Å². The molecule has 0 aromatic heterocycles. The summed E-state index contributed by atoms with van der Waals surface area (Å²) >= 11 is 0. The summed E-state index contributed by atoms with van der Waals surface area (Å²) < 4.78 is 5.79. The third-order valence-electron chi connectivity index (χ3n) is 3.52. The fraction of sp³-hybridized carbons (Fsp3) is 0.929. The number of carbonyl (C=O) groups is 1. The molecule has 106 valence electrons. The Hall–Kier alpha value is -0.610. The molecule has 1 aliphatic rings. The van der Waals surface area contributed by atoms with E-state index in [1.54, 1.807) is 0 Å². The zero-order chi connectivity index (χ0) is 13.5. The van der Waals surface area contributed by atoms with Gasteiger partial charge < -0.3 is 15.8 Å². The maximum Gasteiger partial charge on any atom is 0.248 e. The molecular formula is C14H28N2O2. The summed E-state index contributed by atoms with van der Waals surface area (Å²) in [7, 11) is 0. The molecule has 4 nitrogen and oxygen atoms in total. The third-order valence-corrected chi connectivity index (χ3v) is 3.52. The zero-order valence-electron chi connectivity index (χ0n) is 11.9. The molecule has 4 heteroatoms. The first-order valence-corrected chi connectivity index (χ1v) is 7.19. The maximum absolute atomic E-state index is 11.8. The van der Waals surface area contributed by atoms with Gasteiger partial charge in [-0.05, 0) is 32.1 Å². The van der Waals surface area contributed by atoms with E-state index in [4.69, 9.17) is 10.5 Å².